The van der Waals surface area contributed by atoms with E-state index in [9.17, 15) is 71.5 Å². The molecule has 0 spiro atoms. The van der Waals surface area contributed by atoms with Gasteiger partial charge in [0.05, 0.1) is 42.7 Å². The summed E-state index contributed by atoms with van der Waals surface area (Å²) in [6, 6.07) is 0. The molecular formula is C42H63I7O28. The highest BCUT2D eigenvalue weighted by Crippen LogP contribution is 2.40. The van der Waals surface area contributed by atoms with Crippen LogP contribution in [0.15, 0.2) is 0 Å². The van der Waals surface area contributed by atoms with Crippen LogP contribution in [0.4, 0.5) is 0 Å². The predicted octanol–water partition coefficient (Wildman–Crippen LogP) is -5.13. The number of hydrogen-bond acceptors (Lipinski definition) is 28. The van der Waals surface area contributed by atoms with E-state index in [0.717, 1.165) is 0 Å². The van der Waals surface area contributed by atoms with Crippen molar-refractivity contribution in [3.05, 3.63) is 0 Å². The first-order valence-corrected chi connectivity index (χ1v) is 35.0. The summed E-state index contributed by atoms with van der Waals surface area (Å²) in [4.78, 5) is 0. The summed E-state index contributed by atoms with van der Waals surface area (Å²) in [5.74, 6) is 0. The van der Waals surface area contributed by atoms with E-state index >= 15 is 0 Å². The molecule has 77 heavy (non-hydrogen) atoms. The lowest BCUT2D eigenvalue weighted by Gasteiger charge is -2.50. The number of alkyl halides is 7. The minimum atomic E-state index is -1.90. The van der Waals surface area contributed by atoms with Gasteiger partial charge in [-0.25, -0.2) is 0 Å². The van der Waals surface area contributed by atoms with Crippen LogP contribution in [0.25, 0.3) is 0 Å². The molecule has 14 N–H and O–H groups in total. The Morgan fingerprint density at radius 1 is 0.169 bits per heavy atom. The second kappa shape index (κ2) is 29.5. The maximum atomic E-state index is 11.6. The molecule has 0 radical (unpaired) electrons. The molecule has 448 valence electrons. The predicted molar refractivity (Wildman–Crippen MR) is 311 cm³/mol. The van der Waals surface area contributed by atoms with Crippen molar-refractivity contribution in [2.45, 2.75) is 215 Å². The van der Waals surface area contributed by atoms with Crippen LogP contribution in [-0.2, 0) is 66.3 Å². The number of aliphatic hydroxyl groups excluding tert-OH is 14. The van der Waals surface area contributed by atoms with Crippen molar-refractivity contribution in [2.24, 2.45) is 0 Å². The molecule has 0 aromatic heterocycles. The van der Waals surface area contributed by atoms with E-state index in [-0.39, 0.29) is 31.0 Å². The van der Waals surface area contributed by atoms with Crippen LogP contribution in [0.1, 0.15) is 0 Å². The molecule has 0 unspecified atom stereocenters. The molecule has 28 nitrogen and oxygen atoms in total. The first-order valence-electron chi connectivity index (χ1n) is 24.3. The highest BCUT2D eigenvalue weighted by atomic mass is 127. The van der Waals surface area contributed by atoms with Crippen molar-refractivity contribution in [3.63, 3.8) is 0 Å². The fourth-order valence-corrected chi connectivity index (χ4v) is 15.2. The van der Waals surface area contributed by atoms with E-state index in [2.05, 4.69) is 0 Å². The van der Waals surface area contributed by atoms with Gasteiger partial charge in [-0.15, -0.1) is 0 Å². The van der Waals surface area contributed by atoms with Gasteiger partial charge in [-0.3, -0.25) is 0 Å². The maximum Gasteiger partial charge on any atom is 0.187 e. The summed E-state index contributed by atoms with van der Waals surface area (Å²) < 4.78 is 85.7. The summed E-state index contributed by atoms with van der Waals surface area (Å²) in [6.45, 7) is 0. The fraction of sp³-hybridized carbons (Fsp3) is 1.00. The van der Waals surface area contributed by atoms with Crippen LogP contribution < -0.4 is 0 Å². The first kappa shape index (κ1) is 66.9. The topological polar surface area (TPSA) is 412 Å². The van der Waals surface area contributed by atoms with Crippen LogP contribution in [0.2, 0.25) is 0 Å². The highest BCUT2D eigenvalue weighted by molar-refractivity contribution is 14.1. The quantitative estimate of drug-likeness (QED) is 0.0837. The standard InChI is InChI=1S/C42H63I7O28/c43-1-8-29-15(50)22(57)36(64-8)72-30-9(2-44)66-38(24(59)17(30)52)74-32-11(4-46)68-40(26(61)19(32)54)76-34-13(6-48)70-42(28(63)21(34)56)77-35-14(7-49)69-41(27(62)20(35)55)75-33-12(5-47)67-39(25(60)18(33)53)73-31-10(3-45)65-37(71-29)23(58)16(31)51/h8-42,50-63H,1-7H2/t8-,9-,10-,11-,12-,13-,14-,15-,16-,17-,18-,19-,20-,21-,22-,23-,24-,25-,26-,27-,28+,29-,30-,31-,32-,33-,34-,35-,36-,37-,38-,39-,40-,41-,42-/m1/s1. The van der Waals surface area contributed by atoms with Crippen molar-refractivity contribution in [2.75, 3.05) is 31.0 Å². The molecule has 0 saturated carbocycles. The summed E-state index contributed by atoms with van der Waals surface area (Å²) in [6.07, 6.45) is -55.6. The number of rotatable bonds is 7. The van der Waals surface area contributed by atoms with Crippen LogP contribution in [0.5, 0.6) is 0 Å². The molecular weight excluding hydrogens is 1840 g/mol. The van der Waals surface area contributed by atoms with Gasteiger partial charge in [0, 0.05) is 31.0 Å². The van der Waals surface area contributed by atoms with Crippen molar-refractivity contribution in [1.29, 1.82) is 0 Å². The van der Waals surface area contributed by atoms with E-state index in [1.54, 1.807) is 0 Å². The van der Waals surface area contributed by atoms with Crippen molar-refractivity contribution in [1.82, 2.24) is 0 Å². The second-order valence-corrected chi connectivity index (χ2v) is 25.6. The Balaban J connectivity index is 1.08. The van der Waals surface area contributed by atoms with E-state index in [4.69, 9.17) is 66.3 Å². The number of fused-ring (bicyclic) bond motifs is 7. The van der Waals surface area contributed by atoms with Gasteiger partial charge in [0.1, 0.15) is 128 Å². The molecule has 15 rings (SSSR count). The van der Waals surface area contributed by atoms with Gasteiger partial charge in [0.2, 0.25) is 0 Å². The van der Waals surface area contributed by atoms with E-state index < -0.39 is 215 Å². The molecule has 15 aliphatic rings. The summed E-state index contributed by atoms with van der Waals surface area (Å²) in [7, 11) is 0. The number of hydrogen-bond donors (Lipinski definition) is 14. The average molecular weight is 1900 g/mol. The van der Waals surface area contributed by atoms with Crippen molar-refractivity contribution >= 4 is 158 Å². The van der Waals surface area contributed by atoms with Gasteiger partial charge in [0.15, 0.2) is 44.0 Å². The molecule has 15 aliphatic heterocycles. The molecule has 35 heteroatoms. The van der Waals surface area contributed by atoms with Crippen molar-refractivity contribution < 1.29 is 138 Å². The third-order valence-corrected chi connectivity index (χ3v) is 20.7. The Bertz CT molecular complexity index is 1490. The molecule has 15 saturated heterocycles. The molecule has 0 aromatic rings. The second-order valence-electron chi connectivity index (χ2n) is 19.5. The minimum Gasteiger partial charge on any atom is -0.387 e. The molecule has 15 heterocycles. The third-order valence-electron chi connectivity index (χ3n) is 14.6. The normalized spacial score (nSPS) is 55.4. The lowest BCUT2D eigenvalue weighted by atomic mass is 9.96. The zero-order valence-corrected chi connectivity index (χ0v) is 54.9. The minimum absolute atomic E-state index is 0.0801. The number of ether oxygens (including phenoxy) is 14. The van der Waals surface area contributed by atoms with E-state index in [1.807, 2.05) is 158 Å². The van der Waals surface area contributed by atoms with Crippen LogP contribution in [-0.4, -0.2) is 317 Å². The largest absolute Gasteiger partial charge is 0.387 e. The van der Waals surface area contributed by atoms with Gasteiger partial charge in [-0.2, -0.15) is 0 Å². The maximum absolute atomic E-state index is 11.6. The summed E-state index contributed by atoms with van der Waals surface area (Å²) >= 11 is 13.5. The first-order chi connectivity index (χ1) is 36.7. The lowest BCUT2D eigenvalue weighted by molar-refractivity contribution is -0.388. The molecule has 15 fully saturated rings. The van der Waals surface area contributed by atoms with Crippen molar-refractivity contribution in [3.8, 4) is 0 Å². The van der Waals surface area contributed by atoms with E-state index in [0.29, 0.717) is 0 Å². The van der Waals surface area contributed by atoms with Crippen LogP contribution >= 0.6 is 158 Å². The van der Waals surface area contributed by atoms with Gasteiger partial charge in [-0.05, 0) is 0 Å². The molecule has 14 bridgehead atoms. The zero-order valence-electron chi connectivity index (χ0n) is 39.8. The van der Waals surface area contributed by atoms with Gasteiger partial charge in [-0.1, -0.05) is 158 Å². The van der Waals surface area contributed by atoms with Gasteiger partial charge >= 0.3 is 0 Å². The third kappa shape index (κ3) is 14.1. The molecule has 0 aromatic carbocycles. The SMILES string of the molecule is O[C@@H]1[C@H]2O[C@H]3[C@H](O)[C@@H](O)[C@@H](O[C@H]4[C@H](O)[C@@H](O)[C@@H](O[C@H]5[C@H](O)[C@@H](O)[C@@H](O[C@H]6[C@H](O)[C@@H](O)[C@@H](O[C@H]7[C@H](O)[C@@H](O)[C@@H](O[C@H]8[C@H](O)[C@@H](O)[C@@H](O[C@@H]([C@@H]1O)[C@@H](CI)O2)O[C@@H]8CI)O[C@@H]7CI)O[C@@H]6CI)O[C@@H]5CI)O[C@@H]4CI)O[C@@H]3CI. The Morgan fingerprint density at radius 3 is 0.364 bits per heavy atom. The molecule has 0 amide bonds. The van der Waals surface area contributed by atoms with Gasteiger partial charge in [0.25, 0.3) is 0 Å². The van der Waals surface area contributed by atoms with Crippen LogP contribution in [0, 0.1) is 0 Å². The molecule has 0 aliphatic carbocycles. The summed E-state index contributed by atoms with van der Waals surface area (Å²) in [5.41, 5.74) is 0. The van der Waals surface area contributed by atoms with Gasteiger partial charge < -0.3 is 138 Å². The fourth-order valence-electron chi connectivity index (χ4n) is 10.3. The highest BCUT2D eigenvalue weighted by Gasteiger charge is 2.59. The average Bonchev–Trinajstić information content (AvgIpc) is 3.42. The van der Waals surface area contributed by atoms with Crippen LogP contribution in [0.3, 0.4) is 0 Å². The van der Waals surface area contributed by atoms with E-state index in [1.165, 1.54) is 0 Å². The Hall–Kier alpha value is 3.99. The Labute approximate surface area is 535 Å². The smallest absolute Gasteiger partial charge is 0.187 e. The molecule has 35 atom stereocenters. The number of halogens is 7. The number of aliphatic hydroxyl groups is 14. The Kier molecular flexibility index (Phi) is 25.7. The Morgan fingerprint density at radius 2 is 0.273 bits per heavy atom. The lowest BCUT2D eigenvalue weighted by Crippen LogP contribution is -2.68. The monoisotopic (exact) mass is 1900 g/mol. The zero-order chi connectivity index (χ0) is 56.1. The summed E-state index contributed by atoms with van der Waals surface area (Å²) in [5, 5.41) is 161.